The fourth-order valence-corrected chi connectivity index (χ4v) is 1.72. The zero-order valence-corrected chi connectivity index (χ0v) is 9.54. The van der Waals surface area contributed by atoms with Gasteiger partial charge in [0.1, 0.15) is 0 Å². The first-order valence-corrected chi connectivity index (χ1v) is 4.86. The van der Waals surface area contributed by atoms with Gasteiger partial charge in [0.05, 0.1) is 13.5 Å². The molecule has 0 amide bonds. The molecule has 1 aromatic carbocycles. The molecule has 0 aliphatic heterocycles. The summed E-state index contributed by atoms with van der Waals surface area (Å²) in [5.41, 5.74) is 0.140. The van der Waals surface area contributed by atoms with Gasteiger partial charge in [-0.3, -0.25) is 4.79 Å². The Kier molecular flexibility index (Phi) is 3.68. The molecule has 0 aromatic heterocycles. The topological polar surface area (TPSA) is 46.5 Å². The van der Waals surface area contributed by atoms with Crippen molar-refractivity contribution < 1.29 is 19.0 Å². The van der Waals surface area contributed by atoms with E-state index >= 15 is 0 Å². The Labute approximate surface area is 94.0 Å². The molecule has 0 saturated carbocycles. The molecule has 0 spiro atoms. The molecule has 3 nitrogen and oxygen atoms in total. The summed E-state index contributed by atoms with van der Waals surface area (Å²) in [4.78, 5) is 10.4. The summed E-state index contributed by atoms with van der Waals surface area (Å²) in [6.07, 6.45) is -0.334. The molecule has 0 heterocycles. The molecule has 0 aliphatic carbocycles. The zero-order valence-electron chi connectivity index (χ0n) is 7.38. The summed E-state index contributed by atoms with van der Waals surface area (Å²) >= 11 is 1.98. The third-order valence-electron chi connectivity index (χ3n) is 1.64. The molecular weight excluding hydrogens is 302 g/mol. The van der Waals surface area contributed by atoms with Gasteiger partial charge < -0.3 is 9.84 Å². The number of halogens is 2. The van der Waals surface area contributed by atoms with Crippen LogP contribution in [0, 0.1) is 9.39 Å². The first-order chi connectivity index (χ1) is 6.54. The van der Waals surface area contributed by atoms with Crippen molar-refractivity contribution in [3.8, 4) is 5.75 Å². The first-order valence-electron chi connectivity index (χ1n) is 3.78. The highest BCUT2D eigenvalue weighted by molar-refractivity contribution is 14.1. The predicted molar refractivity (Wildman–Crippen MR) is 57.0 cm³/mol. The highest BCUT2D eigenvalue weighted by Crippen LogP contribution is 2.24. The van der Waals surface area contributed by atoms with Crippen LogP contribution in [0.5, 0.6) is 5.75 Å². The Hall–Kier alpha value is -0.850. The fraction of sp³-hybridized carbons (Fsp3) is 0.222. The van der Waals surface area contributed by atoms with Gasteiger partial charge in [-0.25, -0.2) is 4.39 Å². The van der Waals surface area contributed by atoms with Gasteiger partial charge in [-0.1, -0.05) is 0 Å². The van der Waals surface area contributed by atoms with Crippen molar-refractivity contribution in [2.45, 2.75) is 6.42 Å². The number of hydrogen-bond acceptors (Lipinski definition) is 2. The Balaban J connectivity index is 3.15. The van der Waals surface area contributed by atoms with E-state index in [9.17, 15) is 9.18 Å². The van der Waals surface area contributed by atoms with E-state index in [2.05, 4.69) is 0 Å². The normalized spacial score (nSPS) is 9.93. The molecule has 0 bridgehead atoms. The van der Waals surface area contributed by atoms with E-state index in [1.54, 1.807) is 0 Å². The number of hydrogen-bond donors (Lipinski definition) is 1. The maximum Gasteiger partial charge on any atom is 0.307 e. The minimum atomic E-state index is -1.06. The van der Waals surface area contributed by atoms with Gasteiger partial charge in [0.15, 0.2) is 11.6 Å². The molecular formula is C9H8FIO3. The number of carboxylic acids is 1. The smallest absolute Gasteiger partial charge is 0.307 e. The van der Waals surface area contributed by atoms with E-state index in [1.807, 2.05) is 22.6 Å². The lowest BCUT2D eigenvalue weighted by molar-refractivity contribution is -0.136. The molecule has 76 valence electrons. The lowest BCUT2D eigenvalue weighted by atomic mass is 10.1. The lowest BCUT2D eigenvalue weighted by Crippen LogP contribution is -2.04. The first kappa shape index (κ1) is 11.2. The highest BCUT2D eigenvalue weighted by Gasteiger charge is 2.12. The highest BCUT2D eigenvalue weighted by atomic mass is 127. The van der Waals surface area contributed by atoms with Crippen LogP contribution in [-0.2, 0) is 11.2 Å². The third kappa shape index (κ3) is 2.57. The maximum atomic E-state index is 13.4. The number of methoxy groups -OCH3 is 1. The van der Waals surface area contributed by atoms with Crippen molar-refractivity contribution in [3.05, 3.63) is 27.1 Å². The number of ether oxygens (including phenoxy) is 1. The predicted octanol–water partition coefficient (Wildman–Crippen LogP) is 2.07. The van der Waals surface area contributed by atoms with Gasteiger partial charge in [-0.15, -0.1) is 0 Å². The Morgan fingerprint density at radius 1 is 1.64 bits per heavy atom. The zero-order chi connectivity index (χ0) is 10.7. The van der Waals surface area contributed by atoms with Crippen LogP contribution in [0.3, 0.4) is 0 Å². The van der Waals surface area contributed by atoms with Gasteiger partial charge in [0.2, 0.25) is 0 Å². The monoisotopic (exact) mass is 310 g/mol. The molecule has 0 aliphatic rings. The minimum absolute atomic E-state index is 0.0770. The molecule has 0 unspecified atom stereocenters. The van der Waals surface area contributed by atoms with Gasteiger partial charge in [0, 0.05) is 9.13 Å². The van der Waals surface area contributed by atoms with Crippen LogP contribution < -0.4 is 4.74 Å². The summed E-state index contributed by atoms with van der Waals surface area (Å²) in [5, 5.41) is 8.54. The van der Waals surface area contributed by atoms with Gasteiger partial charge in [0.25, 0.3) is 0 Å². The van der Waals surface area contributed by atoms with Crippen LogP contribution in [0.2, 0.25) is 0 Å². The van der Waals surface area contributed by atoms with Crippen LogP contribution in [0.4, 0.5) is 4.39 Å². The van der Waals surface area contributed by atoms with Crippen molar-refractivity contribution in [2.24, 2.45) is 0 Å². The maximum absolute atomic E-state index is 13.4. The number of carbonyl (C=O) groups is 1. The Bertz CT molecular complexity index is 365. The Morgan fingerprint density at radius 3 is 2.79 bits per heavy atom. The molecule has 1 rings (SSSR count). The molecule has 0 radical (unpaired) electrons. The second-order valence-electron chi connectivity index (χ2n) is 2.65. The van der Waals surface area contributed by atoms with Crippen LogP contribution >= 0.6 is 22.6 Å². The lowest BCUT2D eigenvalue weighted by Gasteiger charge is -2.06. The van der Waals surface area contributed by atoms with Gasteiger partial charge in [-0.2, -0.15) is 0 Å². The van der Waals surface area contributed by atoms with Crippen molar-refractivity contribution in [3.63, 3.8) is 0 Å². The third-order valence-corrected chi connectivity index (χ3v) is 2.26. The van der Waals surface area contributed by atoms with Crippen molar-refractivity contribution in [1.82, 2.24) is 0 Å². The van der Waals surface area contributed by atoms with Crippen molar-refractivity contribution >= 4 is 28.6 Å². The second kappa shape index (κ2) is 4.59. The average molecular weight is 310 g/mol. The summed E-state index contributed by atoms with van der Waals surface area (Å²) < 4.78 is 18.9. The average Bonchev–Trinajstić information content (AvgIpc) is 2.09. The fourth-order valence-electron chi connectivity index (χ4n) is 1.06. The summed E-state index contributed by atoms with van der Waals surface area (Å²) in [7, 11) is 1.35. The summed E-state index contributed by atoms with van der Waals surface area (Å²) in [6, 6.07) is 3.01. The second-order valence-corrected chi connectivity index (χ2v) is 3.90. The molecule has 5 heteroatoms. The number of benzene rings is 1. The van der Waals surface area contributed by atoms with E-state index in [1.165, 1.54) is 19.2 Å². The van der Waals surface area contributed by atoms with E-state index in [0.717, 1.165) is 3.57 Å². The number of carboxylic acid groups (broad SMARTS) is 1. The molecule has 0 fully saturated rings. The molecule has 0 atom stereocenters. The summed E-state index contributed by atoms with van der Waals surface area (Å²) in [5.74, 6) is -1.59. The van der Waals surface area contributed by atoms with Crippen LogP contribution in [0.15, 0.2) is 12.1 Å². The SMILES string of the molecule is COc1cc(I)cc(CC(=O)O)c1F. The Morgan fingerprint density at radius 2 is 2.29 bits per heavy atom. The number of aliphatic carboxylic acids is 1. The van der Waals surface area contributed by atoms with Gasteiger partial charge >= 0.3 is 5.97 Å². The quantitative estimate of drug-likeness (QED) is 0.870. The standard InChI is InChI=1S/C9H8FIO3/c1-14-7-4-6(11)2-5(9(7)10)3-8(12)13/h2,4H,3H2,1H3,(H,12,13). The van der Waals surface area contributed by atoms with Crippen LogP contribution in [-0.4, -0.2) is 18.2 Å². The van der Waals surface area contributed by atoms with Gasteiger partial charge in [-0.05, 0) is 34.7 Å². The number of rotatable bonds is 3. The molecule has 14 heavy (non-hydrogen) atoms. The van der Waals surface area contributed by atoms with Crippen LogP contribution in [0.1, 0.15) is 5.56 Å². The molecule has 1 N–H and O–H groups in total. The van der Waals surface area contributed by atoms with Crippen LogP contribution in [0.25, 0.3) is 0 Å². The van der Waals surface area contributed by atoms with Crippen molar-refractivity contribution in [2.75, 3.05) is 7.11 Å². The van der Waals surface area contributed by atoms with E-state index < -0.39 is 11.8 Å². The molecule has 0 saturated heterocycles. The van der Waals surface area contributed by atoms with E-state index in [0.29, 0.717) is 0 Å². The van der Waals surface area contributed by atoms with E-state index in [4.69, 9.17) is 9.84 Å². The van der Waals surface area contributed by atoms with Crippen molar-refractivity contribution in [1.29, 1.82) is 0 Å². The largest absolute Gasteiger partial charge is 0.494 e. The minimum Gasteiger partial charge on any atom is -0.494 e. The summed E-state index contributed by atoms with van der Waals surface area (Å²) in [6.45, 7) is 0. The van der Waals surface area contributed by atoms with E-state index in [-0.39, 0.29) is 17.7 Å². The molecule has 1 aromatic rings.